The van der Waals surface area contributed by atoms with Crippen LogP contribution in [0.25, 0.3) is 0 Å². The van der Waals surface area contributed by atoms with Crippen LogP contribution < -0.4 is 9.62 Å². The lowest BCUT2D eigenvalue weighted by Crippen LogP contribution is -2.44. The Bertz CT molecular complexity index is 912. The fraction of sp³-hybridized carbons (Fsp3) is 0.263. The summed E-state index contributed by atoms with van der Waals surface area (Å²) in [7, 11) is -1.06. The molecule has 0 aliphatic carbocycles. The molecule has 2 rings (SSSR count). The number of carbonyl (C=O) groups is 2. The second-order valence-electron chi connectivity index (χ2n) is 5.98. The molecule has 0 aliphatic heterocycles. The molecule has 0 saturated heterocycles. The molecule has 0 aromatic heterocycles. The topological polar surface area (TPSA) is 96.0 Å². The maximum absolute atomic E-state index is 12.6. The van der Waals surface area contributed by atoms with Gasteiger partial charge in [-0.15, -0.1) is 0 Å². The van der Waals surface area contributed by atoms with E-state index in [0.717, 1.165) is 8.61 Å². The highest BCUT2D eigenvalue weighted by molar-refractivity contribution is 7.90. The third kappa shape index (κ3) is 5.30. The molecule has 0 radical (unpaired) electrons. The maximum atomic E-state index is 12.6. The lowest BCUT2D eigenvalue weighted by atomic mass is 10.2. The molecule has 0 aliphatic rings. The number of hydrogen-bond donors (Lipinski definition) is 1. The van der Waals surface area contributed by atoms with Crippen molar-refractivity contribution >= 4 is 33.5 Å². The number of para-hydroxylation sites is 1. The molecule has 1 N–H and O–H groups in total. The van der Waals surface area contributed by atoms with Crippen molar-refractivity contribution in [3.8, 4) is 0 Å². The average molecular weight is 405 g/mol. The minimum atomic E-state index is -3.86. The minimum Gasteiger partial charge on any atom is -0.462 e. The second-order valence-corrected chi connectivity index (χ2v) is 8.05. The van der Waals surface area contributed by atoms with E-state index in [0.29, 0.717) is 16.9 Å². The van der Waals surface area contributed by atoms with Crippen LogP contribution in [-0.4, -0.2) is 51.8 Å². The van der Waals surface area contributed by atoms with E-state index in [2.05, 4.69) is 5.32 Å². The monoisotopic (exact) mass is 405 g/mol. The molecule has 0 bridgehead atoms. The van der Waals surface area contributed by atoms with Crippen LogP contribution >= 0.6 is 0 Å². The molecule has 2 aromatic carbocycles. The van der Waals surface area contributed by atoms with Crippen LogP contribution in [0.5, 0.6) is 0 Å². The molecular formula is C19H23N3O5S. The first-order valence-corrected chi connectivity index (χ1v) is 9.97. The lowest BCUT2D eigenvalue weighted by molar-refractivity contribution is -0.114. The normalized spacial score (nSPS) is 11.1. The molecule has 0 atom stereocenters. The van der Waals surface area contributed by atoms with Gasteiger partial charge in [-0.3, -0.25) is 4.79 Å². The van der Waals surface area contributed by atoms with Gasteiger partial charge in [0.1, 0.15) is 6.54 Å². The molecule has 0 fully saturated rings. The first kappa shape index (κ1) is 21.4. The van der Waals surface area contributed by atoms with E-state index in [-0.39, 0.29) is 6.61 Å². The van der Waals surface area contributed by atoms with Crippen LogP contribution in [0, 0.1) is 0 Å². The van der Waals surface area contributed by atoms with Crippen molar-refractivity contribution in [1.82, 2.24) is 4.31 Å². The van der Waals surface area contributed by atoms with Gasteiger partial charge in [0.25, 0.3) is 0 Å². The van der Waals surface area contributed by atoms with Gasteiger partial charge in [0.15, 0.2) is 0 Å². The van der Waals surface area contributed by atoms with E-state index in [1.54, 1.807) is 49.4 Å². The quantitative estimate of drug-likeness (QED) is 0.679. The Morgan fingerprint density at radius 3 is 2.14 bits per heavy atom. The molecule has 8 nitrogen and oxygen atoms in total. The fourth-order valence-corrected chi connectivity index (χ4v) is 3.40. The van der Waals surface area contributed by atoms with Gasteiger partial charge in [0.05, 0.1) is 17.9 Å². The van der Waals surface area contributed by atoms with Crippen LogP contribution in [0.2, 0.25) is 0 Å². The Kier molecular flexibility index (Phi) is 7.13. The van der Waals surface area contributed by atoms with Crippen LogP contribution in [-0.2, 0) is 19.7 Å². The number of nitrogens with one attached hydrogen (secondary N) is 1. The van der Waals surface area contributed by atoms with Crippen molar-refractivity contribution in [3.05, 3.63) is 60.2 Å². The molecule has 0 saturated carbocycles. The maximum Gasteiger partial charge on any atom is 0.338 e. The Hall–Kier alpha value is -2.91. The van der Waals surface area contributed by atoms with Crippen LogP contribution in [0.4, 0.5) is 11.4 Å². The Balaban J connectivity index is 2.15. The molecule has 1 amide bonds. The van der Waals surface area contributed by atoms with Crippen LogP contribution in [0.3, 0.4) is 0 Å². The number of rotatable bonds is 8. The molecule has 150 valence electrons. The summed E-state index contributed by atoms with van der Waals surface area (Å²) in [5.41, 5.74) is 1.18. The standard InChI is InChI=1S/C19H23N3O5S/c1-4-27-19(24)15-10-12-16(13-11-15)20-18(23)14-22(28(25,26)21(2)3)17-8-6-5-7-9-17/h5-13H,4,14H2,1-3H3,(H,20,23). The minimum absolute atomic E-state index is 0.271. The summed E-state index contributed by atoms with van der Waals surface area (Å²) in [6.07, 6.45) is 0. The van der Waals surface area contributed by atoms with Gasteiger partial charge in [-0.2, -0.15) is 12.7 Å². The van der Waals surface area contributed by atoms with Crippen LogP contribution in [0.15, 0.2) is 54.6 Å². The van der Waals surface area contributed by atoms with Gasteiger partial charge in [-0.1, -0.05) is 18.2 Å². The lowest BCUT2D eigenvalue weighted by Gasteiger charge is -2.26. The second kappa shape index (κ2) is 9.34. The van der Waals surface area contributed by atoms with E-state index in [1.165, 1.54) is 26.2 Å². The largest absolute Gasteiger partial charge is 0.462 e. The Morgan fingerprint density at radius 1 is 1.00 bits per heavy atom. The Morgan fingerprint density at radius 2 is 1.61 bits per heavy atom. The number of benzene rings is 2. The SMILES string of the molecule is CCOC(=O)c1ccc(NC(=O)CN(c2ccccc2)S(=O)(=O)N(C)C)cc1. The molecule has 0 heterocycles. The number of hydrogen-bond acceptors (Lipinski definition) is 5. The fourth-order valence-electron chi connectivity index (χ4n) is 2.33. The number of carbonyl (C=O) groups excluding carboxylic acids is 2. The van der Waals surface area contributed by atoms with Gasteiger partial charge in [-0.25, -0.2) is 9.10 Å². The van der Waals surface area contributed by atoms with E-state index < -0.39 is 28.6 Å². The van der Waals surface area contributed by atoms with Gasteiger partial charge in [0.2, 0.25) is 5.91 Å². The van der Waals surface area contributed by atoms with E-state index in [1.807, 2.05) is 0 Å². The first-order valence-electron chi connectivity index (χ1n) is 8.58. The summed E-state index contributed by atoms with van der Waals surface area (Å²) >= 11 is 0. The van der Waals surface area contributed by atoms with E-state index in [9.17, 15) is 18.0 Å². The zero-order valence-corrected chi connectivity index (χ0v) is 16.8. The van der Waals surface area contributed by atoms with Gasteiger partial charge in [0, 0.05) is 19.8 Å². The summed E-state index contributed by atoms with van der Waals surface area (Å²) < 4.78 is 32.2. The third-order valence-corrected chi connectivity index (χ3v) is 5.57. The van der Waals surface area contributed by atoms with Crippen molar-refractivity contribution in [2.24, 2.45) is 0 Å². The zero-order valence-electron chi connectivity index (χ0n) is 16.0. The smallest absolute Gasteiger partial charge is 0.338 e. The zero-order chi connectivity index (χ0) is 20.7. The molecular weight excluding hydrogens is 382 g/mol. The van der Waals surface area contributed by atoms with Gasteiger partial charge in [-0.05, 0) is 43.3 Å². The van der Waals surface area contributed by atoms with Crippen molar-refractivity contribution in [2.75, 3.05) is 36.9 Å². The van der Waals surface area contributed by atoms with Gasteiger partial charge >= 0.3 is 16.2 Å². The first-order chi connectivity index (χ1) is 13.3. The summed E-state index contributed by atoms with van der Waals surface area (Å²) in [5, 5.41) is 2.64. The summed E-state index contributed by atoms with van der Waals surface area (Å²) in [6, 6.07) is 14.5. The Labute approximate surface area is 164 Å². The summed E-state index contributed by atoms with van der Waals surface area (Å²) in [4.78, 5) is 24.1. The highest BCUT2D eigenvalue weighted by Crippen LogP contribution is 2.19. The number of anilines is 2. The van der Waals surface area contributed by atoms with Crippen molar-refractivity contribution in [3.63, 3.8) is 0 Å². The number of nitrogens with zero attached hydrogens (tertiary/aromatic N) is 2. The highest BCUT2D eigenvalue weighted by Gasteiger charge is 2.27. The van der Waals surface area contributed by atoms with Crippen molar-refractivity contribution < 1.29 is 22.7 Å². The summed E-state index contributed by atoms with van der Waals surface area (Å²) in [5.74, 6) is -0.967. The van der Waals surface area contributed by atoms with E-state index >= 15 is 0 Å². The van der Waals surface area contributed by atoms with Crippen molar-refractivity contribution in [2.45, 2.75) is 6.92 Å². The average Bonchev–Trinajstić information content (AvgIpc) is 2.67. The molecule has 0 unspecified atom stereocenters. The van der Waals surface area contributed by atoms with E-state index in [4.69, 9.17) is 4.74 Å². The molecule has 2 aromatic rings. The van der Waals surface area contributed by atoms with Crippen molar-refractivity contribution in [1.29, 1.82) is 0 Å². The molecule has 28 heavy (non-hydrogen) atoms. The molecule has 0 spiro atoms. The highest BCUT2D eigenvalue weighted by atomic mass is 32.2. The number of amides is 1. The number of ether oxygens (including phenoxy) is 1. The third-order valence-electron chi connectivity index (χ3n) is 3.75. The predicted molar refractivity (Wildman–Crippen MR) is 107 cm³/mol. The number of esters is 1. The summed E-state index contributed by atoms with van der Waals surface area (Å²) in [6.45, 7) is 1.59. The van der Waals surface area contributed by atoms with Gasteiger partial charge < -0.3 is 10.1 Å². The predicted octanol–water partition coefficient (Wildman–Crippen LogP) is 2.11. The molecule has 9 heteroatoms. The van der Waals surface area contributed by atoms with Crippen LogP contribution in [0.1, 0.15) is 17.3 Å².